The van der Waals surface area contributed by atoms with Crippen molar-refractivity contribution in [2.75, 3.05) is 20.8 Å². The molecule has 5 nitrogen and oxygen atoms in total. The number of carbonyl (C=O) groups excluding carboxylic acids is 1. The first-order valence-corrected chi connectivity index (χ1v) is 7.28. The summed E-state index contributed by atoms with van der Waals surface area (Å²) in [6, 6.07) is 5.32. The van der Waals surface area contributed by atoms with E-state index in [2.05, 4.69) is 11.9 Å². The van der Waals surface area contributed by atoms with E-state index in [1.165, 1.54) is 0 Å². The second-order valence-corrected chi connectivity index (χ2v) is 4.93. The summed E-state index contributed by atoms with van der Waals surface area (Å²) in [5, 5.41) is 2.92. The van der Waals surface area contributed by atoms with Crippen molar-refractivity contribution in [2.45, 2.75) is 32.4 Å². The van der Waals surface area contributed by atoms with Crippen LogP contribution in [-0.4, -0.2) is 32.8 Å². The van der Waals surface area contributed by atoms with Gasteiger partial charge in [-0.2, -0.15) is 0 Å². The van der Waals surface area contributed by atoms with E-state index in [9.17, 15) is 4.79 Å². The molecule has 22 heavy (non-hydrogen) atoms. The molecule has 0 aliphatic carbocycles. The molecule has 1 N–H and O–H groups in total. The van der Waals surface area contributed by atoms with E-state index in [-0.39, 0.29) is 11.9 Å². The summed E-state index contributed by atoms with van der Waals surface area (Å²) in [7, 11) is 3.19. The van der Waals surface area contributed by atoms with Gasteiger partial charge in [-0.05, 0) is 32.4 Å². The molecule has 0 bridgehead atoms. The van der Waals surface area contributed by atoms with E-state index in [1.54, 1.807) is 33.3 Å². The van der Waals surface area contributed by atoms with Crippen LogP contribution in [0.1, 0.15) is 31.9 Å². The first-order chi connectivity index (χ1) is 10.5. The van der Waals surface area contributed by atoms with Crippen molar-refractivity contribution in [3.63, 3.8) is 0 Å². The zero-order chi connectivity index (χ0) is 16.5. The molecule has 0 aliphatic rings. The molecule has 0 aliphatic heterocycles. The molecule has 122 valence electrons. The molecule has 0 unspecified atom stereocenters. The summed E-state index contributed by atoms with van der Waals surface area (Å²) in [6.07, 6.45) is 1.97. The Kier molecular flexibility index (Phi) is 7.46. The van der Waals surface area contributed by atoms with E-state index >= 15 is 0 Å². The average Bonchev–Trinajstić information content (AvgIpc) is 2.53. The van der Waals surface area contributed by atoms with Gasteiger partial charge in [-0.15, -0.1) is 6.58 Å². The molecule has 5 heteroatoms. The summed E-state index contributed by atoms with van der Waals surface area (Å²) in [4.78, 5) is 12.1. The molecule has 1 aromatic carbocycles. The highest BCUT2D eigenvalue weighted by Gasteiger charge is 2.19. The van der Waals surface area contributed by atoms with Crippen molar-refractivity contribution in [3.05, 3.63) is 36.4 Å². The fourth-order valence-corrected chi connectivity index (χ4v) is 1.99. The fraction of sp³-hybridized carbons (Fsp3) is 0.471. The standard InChI is InChI=1S/C17H25NO4/c1-6-7-10-22-13(3)17(19)18-12(2)15-9-8-14(20-4)11-16(15)21-5/h6,8-9,11-13H,1,7,10H2,2-5H3,(H,18,19)/t12-,13-/m0/s1. The Bertz CT molecular complexity index is 501. The lowest BCUT2D eigenvalue weighted by atomic mass is 10.1. The number of hydrogen-bond acceptors (Lipinski definition) is 4. The van der Waals surface area contributed by atoms with E-state index in [0.717, 1.165) is 12.0 Å². The van der Waals surface area contributed by atoms with E-state index in [0.29, 0.717) is 18.1 Å². The van der Waals surface area contributed by atoms with Gasteiger partial charge in [0.05, 0.1) is 26.9 Å². The molecule has 0 aromatic heterocycles. The van der Waals surface area contributed by atoms with Crippen molar-refractivity contribution in [1.82, 2.24) is 5.32 Å². The zero-order valence-electron chi connectivity index (χ0n) is 13.7. The predicted molar refractivity (Wildman–Crippen MR) is 86.3 cm³/mol. The highest BCUT2D eigenvalue weighted by atomic mass is 16.5. The van der Waals surface area contributed by atoms with Gasteiger partial charge in [0, 0.05) is 11.6 Å². The van der Waals surface area contributed by atoms with Gasteiger partial charge in [-0.1, -0.05) is 6.08 Å². The van der Waals surface area contributed by atoms with Crippen LogP contribution >= 0.6 is 0 Å². The number of ether oxygens (including phenoxy) is 3. The summed E-state index contributed by atoms with van der Waals surface area (Å²) < 4.78 is 16.0. The Morgan fingerprint density at radius 3 is 2.64 bits per heavy atom. The number of amides is 1. The van der Waals surface area contributed by atoms with Crippen molar-refractivity contribution < 1.29 is 19.0 Å². The van der Waals surface area contributed by atoms with Crippen molar-refractivity contribution in [1.29, 1.82) is 0 Å². The van der Waals surface area contributed by atoms with Crippen LogP contribution in [0.25, 0.3) is 0 Å². The highest BCUT2D eigenvalue weighted by molar-refractivity contribution is 5.80. The molecule has 0 fully saturated rings. The molecule has 1 amide bonds. The maximum absolute atomic E-state index is 12.1. The quantitative estimate of drug-likeness (QED) is 0.563. The number of rotatable bonds is 9. The number of nitrogens with one attached hydrogen (secondary N) is 1. The molecule has 0 saturated heterocycles. The third-order valence-electron chi connectivity index (χ3n) is 3.32. The normalized spacial score (nSPS) is 13.1. The largest absolute Gasteiger partial charge is 0.497 e. The van der Waals surface area contributed by atoms with Crippen LogP contribution in [0.5, 0.6) is 11.5 Å². The predicted octanol–water partition coefficient (Wildman–Crippen LogP) is 2.86. The van der Waals surface area contributed by atoms with Crippen molar-refractivity contribution in [3.8, 4) is 11.5 Å². The van der Waals surface area contributed by atoms with Crippen LogP contribution in [0.4, 0.5) is 0 Å². The molecule has 0 spiro atoms. The minimum absolute atomic E-state index is 0.158. The molecule has 0 heterocycles. The van der Waals surface area contributed by atoms with Crippen LogP contribution in [0.15, 0.2) is 30.9 Å². The van der Waals surface area contributed by atoms with Gasteiger partial charge in [-0.25, -0.2) is 0 Å². The third-order valence-corrected chi connectivity index (χ3v) is 3.32. The second-order valence-electron chi connectivity index (χ2n) is 4.93. The fourth-order valence-electron chi connectivity index (χ4n) is 1.99. The minimum Gasteiger partial charge on any atom is -0.497 e. The van der Waals surface area contributed by atoms with Gasteiger partial charge in [-0.3, -0.25) is 4.79 Å². The van der Waals surface area contributed by atoms with Crippen molar-refractivity contribution >= 4 is 5.91 Å². The van der Waals surface area contributed by atoms with Gasteiger partial charge >= 0.3 is 0 Å². The number of methoxy groups -OCH3 is 2. The molecule has 1 rings (SSSR count). The van der Waals surface area contributed by atoms with Crippen molar-refractivity contribution in [2.24, 2.45) is 0 Å². The highest BCUT2D eigenvalue weighted by Crippen LogP contribution is 2.29. The first-order valence-electron chi connectivity index (χ1n) is 7.28. The summed E-state index contributed by atoms with van der Waals surface area (Å²) in [5.41, 5.74) is 0.884. The van der Waals surface area contributed by atoms with Crippen LogP contribution in [0.2, 0.25) is 0 Å². The van der Waals surface area contributed by atoms with Gasteiger partial charge in [0.1, 0.15) is 17.6 Å². The maximum Gasteiger partial charge on any atom is 0.249 e. The van der Waals surface area contributed by atoms with Crippen LogP contribution in [0.3, 0.4) is 0 Å². The van der Waals surface area contributed by atoms with E-state index in [1.807, 2.05) is 19.1 Å². The van der Waals surface area contributed by atoms with Gasteiger partial charge in [0.2, 0.25) is 5.91 Å². The van der Waals surface area contributed by atoms with Crippen LogP contribution in [0, 0.1) is 0 Å². The summed E-state index contributed by atoms with van der Waals surface area (Å²) in [5.74, 6) is 1.22. The lowest BCUT2D eigenvalue weighted by Gasteiger charge is -2.20. The number of benzene rings is 1. The topological polar surface area (TPSA) is 56.8 Å². The average molecular weight is 307 g/mol. The number of hydrogen-bond donors (Lipinski definition) is 1. The van der Waals surface area contributed by atoms with E-state index < -0.39 is 6.10 Å². The lowest BCUT2D eigenvalue weighted by molar-refractivity contribution is -0.132. The number of carbonyl (C=O) groups is 1. The molecule has 1 aromatic rings. The van der Waals surface area contributed by atoms with Gasteiger partial charge in [0.25, 0.3) is 0 Å². The van der Waals surface area contributed by atoms with Crippen LogP contribution in [-0.2, 0) is 9.53 Å². The third kappa shape index (κ3) is 5.07. The second kappa shape index (κ2) is 9.10. The Morgan fingerprint density at radius 2 is 2.05 bits per heavy atom. The molecular formula is C17H25NO4. The summed E-state index contributed by atoms with van der Waals surface area (Å²) >= 11 is 0. The lowest BCUT2D eigenvalue weighted by Crippen LogP contribution is -2.36. The minimum atomic E-state index is -0.508. The monoisotopic (exact) mass is 307 g/mol. The molecule has 2 atom stereocenters. The SMILES string of the molecule is C=CCCO[C@@H](C)C(=O)N[C@@H](C)c1ccc(OC)cc1OC. The Hall–Kier alpha value is -2.01. The molecular weight excluding hydrogens is 282 g/mol. The summed E-state index contributed by atoms with van der Waals surface area (Å²) in [6.45, 7) is 7.74. The van der Waals surface area contributed by atoms with E-state index in [4.69, 9.17) is 14.2 Å². The smallest absolute Gasteiger partial charge is 0.249 e. The van der Waals surface area contributed by atoms with Gasteiger partial charge in [0.15, 0.2) is 0 Å². The zero-order valence-corrected chi connectivity index (χ0v) is 13.7. The van der Waals surface area contributed by atoms with Crippen LogP contribution < -0.4 is 14.8 Å². The Morgan fingerprint density at radius 1 is 1.32 bits per heavy atom. The maximum atomic E-state index is 12.1. The molecule has 0 radical (unpaired) electrons. The molecule has 0 saturated carbocycles. The first kappa shape index (κ1) is 18.0. The Labute approximate surface area is 132 Å². The van der Waals surface area contributed by atoms with Gasteiger partial charge < -0.3 is 19.5 Å². The Balaban J connectivity index is 2.69.